The first-order chi connectivity index (χ1) is 6.68. The largest absolute Gasteiger partial charge is 0.475 e. The van der Waals surface area contributed by atoms with Crippen LogP contribution in [0.5, 0.6) is 0 Å². The molecule has 0 amide bonds. The highest BCUT2D eigenvalue weighted by Gasteiger charge is 2.18. The van der Waals surface area contributed by atoms with Gasteiger partial charge in [0, 0.05) is 5.56 Å². The number of carboxylic acids is 1. The SMILES string of the molecule is O=C(O)C(=O)c1ccc2c(c1)COC2. The summed E-state index contributed by atoms with van der Waals surface area (Å²) in [7, 11) is 0. The van der Waals surface area contributed by atoms with Crippen molar-refractivity contribution in [3.8, 4) is 0 Å². The fourth-order valence-corrected chi connectivity index (χ4v) is 1.44. The maximum atomic E-state index is 11.1. The van der Waals surface area contributed by atoms with Gasteiger partial charge in [0.1, 0.15) is 0 Å². The number of ether oxygens (including phenoxy) is 1. The number of Topliss-reactive ketones (excluding diaryl/α,β-unsaturated/α-hetero) is 1. The van der Waals surface area contributed by atoms with Crippen molar-refractivity contribution in [1.29, 1.82) is 0 Å². The fourth-order valence-electron chi connectivity index (χ4n) is 1.44. The third kappa shape index (κ3) is 1.40. The maximum absolute atomic E-state index is 11.1. The van der Waals surface area contributed by atoms with Crippen molar-refractivity contribution in [1.82, 2.24) is 0 Å². The van der Waals surface area contributed by atoms with Gasteiger partial charge in [0.15, 0.2) is 0 Å². The molecule has 1 aromatic carbocycles. The Kier molecular flexibility index (Phi) is 2.05. The molecule has 14 heavy (non-hydrogen) atoms. The van der Waals surface area contributed by atoms with Crippen LogP contribution in [0.15, 0.2) is 18.2 Å². The number of carbonyl (C=O) groups excluding carboxylic acids is 1. The molecule has 0 saturated carbocycles. The number of hydrogen-bond donors (Lipinski definition) is 1. The molecule has 1 aromatic rings. The van der Waals surface area contributed by atoms with E-state index < -0.39 is 11.8 Å². The topological polar surface area (TPSA) is 63.6 Å². The summed E-state index contributed by atoms with van der Waals surface area (Å²) < 4.78 is 5.15. The van der Waals surface area contributed by atoms with Crippen molar-refractivity contribution in [2.75, 3.05) is 0 Å². The Morgan fingerprint density at radius 2 is 1.93 bits per heavy atom. The van der Waals surface area contributed by atoms with Crippen molar-refractivity contribution in [2.24, 2.45) is 0 Å². The van der Waals surface area contributed by atoms with Gasteiger partial charge >= 0.3 is 5.97 Å². The number of rotatable bonds is 2. The van der Waals surface area contributed by atoms with E-state index in [1.807, 2.05) is 0 Å². The summed E-state index contributed by atoms with van der Waals surface area (Å²) in [4.78, 5) is 21.5. The summed E-state index contributed by atoms with van der Waals surface area (Å²) >= 11 is 0. The molecule has 4 nitrogen and oxygen atoms in total. The molecule has 0 aromatic heterocycles. The van der Waals surface area contributed by atoms with Gasteiger partial charge in [-0.2, -0.15) is 0 Å². The van der Waals surface area contributed by atoms with Crippen molar-refractivity contribution in [2.45, 2.75) is 13.2 Å². The summed E-state index contributed by atoms with van der Waals surface area (Å²) in [5, 5.41) is 8.50. The van der Waals surface area contributed by atoms with Crippen molar-refractivity contribution in [3.63, 3.8) is 0 Å². The maximum Gasteiger partial charge on any atom is 0.377 e. The zero-order valence-electron chi connectivity index (χ0n) is 7.32. The molecule has 72 valence electrons. The lowest BCUT2D eigenvalue weighted by atomic mass is 10.0. The molecule has 0 unspecified atom stereocenters. The monoisotopic (exact) mass is 192 g/mol. The summed E-state index contributed by atoms with van der Waals surface area (Å²) in [6, 6.07) is 4.83. The number of benzene rings is 1. The smallest absolute Gasteiger partial charge is 0.377 e. The second-order valence-electron chi connectivity index (χ2n) is 3.11. The molecule has 0 spiro atoms. The van der Waals surface area contributed by atoms with E-state index in [4.69, 9.17) is 9.84 Å². The molecule has 0 atom stereocenters. The number of fused-ring (bicyclic) bond motifs is 1. The molecule has 2 rings (SSSR count). The van der Waals surface area contributed by atoms with E-state index in [2.05, 4.69) is 0 Å². The van der Waals surface area contributed by atoms with Gasteiger partial charge in [-0.05, 0) is 17.2 Å². The normalized spacial score (nSPS) is 13.7. The van der Waals surface area contributed by atoms with Crippen LogP contribution in [0, 0.1) is 0 Å². The quantitative estimate of drug-likeness (QED) is 0.560. The van der Waals surface area contributed by atoms with Crippen molar-refractivity contribution >= 4 is 11.8 Å². The molecule has 1 N–H and O–H groups in total. The molecule has 4 heteroatoms. The Morgan fingerprint density at radius 3 is 2.64 bits per heavy atom. The predicted octanol–water partition coefficient (Wildman–Crippen LogP) is 0.984. The van der Waals surface area contributed by atoms with Gasteiger partial charge < -0.3 is 9.84 Å². The van der Waals surface area contributed by atoms with E-state index in [9.17, 15) is 9.59 Å². The van der Waals surface area contributed by atoms with E-state index in [-0.39, 0.29) is 5.56 Å². The highest BCUT2D eigenvalue weighted by atomic mass is 16.5. The summed E-state index contributed by atoms with van der Waals surface area (Å²) in [5.41, 5.74) is 2.13. The summed E-state index contributed by atoms with van der Waals surface area (Å²) in [6.07, 6.45) is 0. The third-order valence-electron chi connectivity index (χ3n) is 2.18. The third-order valence-corrected chi connectivity index (χ3v) is 2.18. The minimum atomic E-state index is -1.43. The highest BCUT2D eigenvalue weighted by molar-refractivity contribution is 6.39. The van der Waals surface area contributed by atoms with Crippen LogP contribution < -0.4 is 0 Å². The second-order valence-corrected chi connectivity index (χ2v) is 3.11. The van der Waals surface area contributed by atoms with Gasteiger partial charge in [0.2, 0.25) is 0 Å². The molecular formula is C10H8O4. The van der Waals surface area contributed by atoms with Crippen LogP contribution in [-0.2, 0) is 22.7 Å². The van der Waals surface area contributed by atoms with Crippen LogP contribution in [0.3, 0.4) is 0 Å². The average molecular weight is 192 g/mol. The zero-order valence-corrected chi connectivity index (χ0v) is 7.32. The van der Waals surface area contributed by atoms with Gasteiger partial charge in [0.05, 0.1) is 13.2 Å². The van der Waals surface area contributed by atoms with Crippen molar-refractivity contribution < 1.29 is 19.4 Å². The van der Waals surface area contributed by atoms with Crippen LogP contribution in [0.1, 0.15) is 21.5 Å². The van der Waals surface area contributed by atoms with Crippen LogP contribution in [0.25, 0.3) is 0 Å². The van der Waals surface area contributed by atoms with Crippen LogP contribution in [0.2, 0.25) is 0 Å². The Morgan fingerprint density at radius 1 is 1.21 bits per heavy atom. The summed E-state index contributed by atoms with van der Waals surface area (Å²) in [5.74, 6) is -2.30. The Hall–Kier alpha value is -1.68. The lowest BCUT2D eigenvalue weighted by molar-refractivity contribution is -0.131. The van der Waals surface area contributed by atoms with Gasteiger partial charge in [-0.25, -0.2) is 4.79 Å². The molecular weight excluding hydrogens is 184 g/mol. The Bertz CT molecular complexity index is 409. The van der Waals surface area contributed by atoms with E-state index in [0.717, 1.165) is 11.1 Å². The first-order valence-electron chi connectivity index (χ1n) is 4.15. The Balaban J connectivity index is 2.38. The van der Waals surface area contributed by atoms with Crippen LogP contribution in [0.4, 0.5) is 0 Å². The number of aliphatic carboxylic acids is 1. The lowest BCUT2D eigenvalue weighted by Gasteiger charge is -1.99. The minimum absolute atomic E-state index is 0.210. The molecule has 0 radical (unpaired) electrons. The fraction of sp³-hybridized carbons (Fsp3) is 0.200. The lowest BCUT2D eigenvalue weighted by Crippen LogP contribution is -2.12. The number of carbonyl (C=O) groups is 2. The predicted molar refractivity (Wildman–Crippen MR) is 46.9 cm³/mol. The molecule has 0 saturated heterocycles. The molecule has 0 bridgehead atoms. The second kappa shape index (κ2) is 3.23. The zero-order chi connectivity index (χ0) is 10.1. The van der Waals surface area contributed by atoms with Gasteiger partial charge in [-0.1, -0.05) is 12.1 Å². The molecule has 1 aliphatic heterocycles. The van der Waals surface area contributed by atoms with E-state index in [1.165, 1.54) is 6.07 Å². The standard InChI is InChI=1S/C10H8O4/c11-9(10(12)13)6-1-2-7-4-14-5-8(7)3-6/h1-3H,4-5H2,(H,12,13). The minimum Gasteiger partial charge on any atom is -0.475 e. The van der Waals surface area contributed by atoms with Crippen molar-refractivity contribution in [3.05, 3.63) is 34.9 Å². The van der Waals surface area contributed by atoms with Crippen LogP contribution >= 0.6 is 0 Å². The molecule has 1 aliphatic rings. The van der Waals surface area contributed by atoms with Gasteiger partial charge in [-0.15, -0.1) is 0 Å². The first-order valence-corrected chi connectivity index (χ1v) is 4.15. The van der Waals surface area contributed by atoms with Gasteiger partial charge in [0.25, 0.3) is 5.78 Å². The Labute approximate surface area is 80.1 Å². The number of carboxylic acid groups (broad SMARTS) is 1. The average Bonchev–Trinajstić information content (AvgIpc) is 2.62. The number of ketones is 1. The molecule has 0 aliphatic carbocycles. The first kappa shape index (κ1) is 8.90. The van der Waals surface area contributed by atoms with E-state index in [1.54, 1.807) is 12.1 Å². The van der Waals surface area contributed by atoms with E-state index in [0.29, 0.717) is 13.2 Å². The van der Waals surface area contributed by atoms with Gasteiger partial charge in [-0.3, -0.25) is 4.79 Å². The molecule has 1 heterocycles. The number of hydrogen-bond acceptors (Lipinski definition) is 3. The van der Waals surface area contributed by atoms with Crippen LogP contribution in [-0.4, -0.2) is 16.9 Å². The molecule has 0 fully saturated rings. The van der Waals surface area contributed by atoms with E-state index >= 15 is 0 Å². The summed E-state index contributed by atoms with van der Waals surface area (Å²) in [6.45, 7) is 0.993. The highest BCUT2D eigenvalue weighted by Crippen LogP contribution is 2.20.